The van der Waals surface area contributed by atoms with Gasteiger partial charge in [-0.05, 0) is 50.8 Å². The lowest BCUT2D eigenvalue weighted by molar-refractivity contribution is 0.0473. The molecular formula is C21H24N2O4. The number of benzene rings is 1. The van der Waals surface area contributed by atoms with E-state index in [1.165, 1.54) is 12.3 Å². The fraction of sp³-hybridized carbons (Fsp3) is 0.381. The lowest BCUT2D eigenvalue weighted by Gasteiger charge is -2.13. The molecule has 27 heavy (non-hydrogen) atoms. The summed E-state index contributed by atoms with van der Waals surface area (Å²) < 4.78 is 5.22. The molecule has 1 aliphatic heterocycles. The van der Waals surface area contributed by atoms with Gasteiger partial charge in [-0.15, -0.1) is 0 Å². The number of aromatic amines is 1. The Morgan fingerprint density at radius 3 is 2.30 bits per heavy atom. The molecule has 6 nitrogen and oxygen atoms in total. The number of amides is 1. The van der Waals surface area contributed by atoms with Crippen molar-refractivity contribution in [3.63, 3.8) is 0 Å². The summed E-state index contributed by atoms with van der Waals surface area (Å²) in [5.41, 5.74) is 3.93. The van der Waals surface area contributed by atoms with Crippen LogP contribution in [0.3, 0.4) is 0 Å². The number of H-pyrrole nitrogens is 1. The van der Waals surface area contributed by atoms with Crippen LogP contribution in [0.25, 0.3) is 0 Å². The van der Waals surface area contributed by atoms with E-state index in [9.17, 15) is 14.4 Å². The van der Waals surface area contributed by atoms with Crippen LogP contribution in [0, 0.1) is 20.8 Å². The Morgan fingerprint density at radius 2 is 1.67 bits per heavy atom. The van der Waals surface area contributed by atoms with Gasteiger partial charge in [0.1, 0.15) is 5.69 Å². The smallest absolute Gasteiger partial charge is 0.339 e. The van der Waals surface area contributed by atoms with Crippen molar-refractivity contribution in [2.75, 3.05) is 19.7 Å². The number of aryl methyl sites for hydroxylation is 3. The monoisotopic (exact) mass is 368 g/mol. The van der Waals surface area contributed by atoms with E-state index in [1.54, 1.807) is 4.90 Å². The molecule has 0 radical (unpaired) electrons. The Hall–Kier alpha value is -2.89. The lowest BCUT2D eigenvalue weighted by atomic mass is 10.00. The van der Waals surface area contributed by atoms with Crippen molar-refractivity contribution in [2.45, 2.75) is 33.6 Å². The van der Waals surface area contributed by atoms with Crippen LogP contribution in [0.1, 0.15) is 60.7 Å². The number of aromatic nitrogens is 1. The maximum absolute atomic E-state index is 12.4. The van der Waals surface area contributed by atoms with Gasteiger partial charge in [0.15, 0.2) is 6.61 Å². The Balaban J connectivity index is 1.63. The third kappa shape index (κ3) is 4.10. The highest BCUT2D eigenvalue weighted by Crippen LogP contribution is 2.18. The van der Waals surface area contributed by atoms with Crippen molar-refractivity contribution in [2.24, 2.45) is 0 Å². The number of ether oxygens (including phenoxy) is 1. The molecule has 0 atom stereocenters. The minimum absolute atomic E-state index is 0.102. The second-order valence-electron chi connectivity index (χ2n) is 7.07. The molecule has 1 amide bonds. The first-order chi connectivity index (χ1) is 12.9. The quantitative estimate of drug-likeness (QED) is 0.649. The average molecular weight is 368 g/mol. The SMILES string of the molecule is Cc1cc(C)c(C(=O)OCC(=O)c2c[nH]c(C(=O)N3CCCC3)c2)c(C)c1. The molecule has 1 N–H and O–H groups in total. The van der Waals surface area contributed by atoms with Crippen LogP contribution in [-0.4, -0.2) is 47.2 Å². The minimum atomic E-state index is -0.512. The molecule has 0 aliphatic carbocycles. The fourth-order valence-electron chi connectivity index (χ4n) is 3.56. The third-order valence-electron chi connectivity index (χ3n) is 4.84. The summed E-state index contributed by atoms with van der Waals surface area (Å²) in [7, 11) is 0. The molecule has 1 aromatic carbocycles. The number of nitrogens with one attached hydrogen (secondary N) is 1. The zero-order chi connectivity index (χ0) is 19.6. The predicted molar refractivity (Wildman–Crippen MR) is 101 cm³/mol. The van der Waals surface area contributed by atoms with E-state index in [1.807, 2.05) is 32.9 Å². The van der Waals surface area contributed by atoms with Crippen LogP contribution < -0.4 is 0 Å². The van der Waals surface area contributed by atoms with Crippen molar-refractivity contribution in [1.29, 1.82) is 0 Å². The Kier molecular flexibility index (Phi) is 5.44. The maximum Gasteiger partial charge on any atom is 0.339 e. The van der Waals surface area contributed by atoms with E-state index in [-0.39, 0.29) is 18.3 Å². The van der Waals surface area contributed by atoms with E-state index in [4.69, 9.17) is 4.74 Å². The van der Waals surface area contributed by atoms with Crippen molar-refractivity contribution in [3.8, 4) is 0 Å². The zero-order valence-corrected chi connectivity index (χ0v) is 15.9. The highest BCUT2D eigenvalue weighted by molar-refractivity contribution is 6.02. The first-order valence-electron chi connectivity index (χ1n) is 9.12. The third-order valence-corrected chi connectivity index (χ3v) is 4.84. The molecule has 1 aromatic heterocycles. The van der Waals surface area contributed by atoms with E-state index in [0.29, 0.717) is 16.8 Å². The number of hydrogen-bond acceptors (Lipinski definition) is 4. The van der Waals surface area contributed by atoms with E-state index in [2.05, 4.69) is 4.98 Å². The van der Waals surface area contributed by atoms with Gasteiger partial charge >= 0.3 is 5.97 Å². The standard InChI is InChI=1S/C21H24N2O4/c1-13-8-14(2)19(15(3)9-13)21(26)27-12-18(24)16-10-17(22-11-16)20(25)23-6-4-5-7-23/h8-11,22H,4-7,12H2,1-3H3. The second kappa shape index (κ2) is 7.78. The molecule has 0 unspecified atom stereocenters. The Morgan fingerprint density at radius 1 is 1.04 bits per heavy atom. The normalized spacial score (nSPS) is 13.7. The zero-order valence-electron chi connectivity index (χ0n) is 15.9. The minimum Gasteiger partial charge on any atom is -0.454 e. The van der Waals surface area contributed by atoms with E-state index < -0.39 is 5.97 Å². The maximum atomic E-state index is 12.4. The first kappa shape index (κ1) is 18.9. The van der Waals surface area contributed by atoms with Gasteiger partial charge in [-0.25, -0.2) is 4.79 Å². The molecule has 0 saturated carbocycles. The summed E-state index contributed by atoms with van der Waals surface area (Å²) in [4.78, 5) is 41.7. The molecule has 2 heterocycles. The molecule has 0 spiro atoms. The number of esters is 1. The summed E-state index contributed by atoms with van der Waals surface area (Å²) in [5.74, 6) is -0.959. The molecule has 142 valence electrons. The molecule has 1 aliphatic rings. The largest absolute Gasteiger partial charge is 0.454 e. The van der Waals surface area contributed by atoms with Gasteiger partial charge < -0.3 is 14.6 Å². The van der Waals surface area contributed by atoms with Crippen LogP contribution in [0.15, 0.2) is 24.4 Å². The van der Waals surface area contributed by atoms with Crippen molar-refractivity contribution < 1.29 is 19.1 Å². The van der Waals surface area contributed by atoms with Gasteiger partial charge in [0.05, 0.1) is 5.56 Å². The fourth-order valence-corrected chi connectivity index (χ4v) is 3.56. The van der Waals surface area contributed by atoms with Crippen LogP contribution in [0.2, 0.25) is 0 Å². The summed E-state index contributed by atoms with van der Waals surface area (Å²) in [5, 5.41) is 0. The van der Waals surface area contributed by atoms with Crippen molar-refractivity contribution in [3.05, 3.63) is 57.9 Å². The number of likely N-dealkylation sites (tertiary alicyclic amines) is 1. The Labute approximate surface area is 158 Å². The topological polar surface area (TPSA) is 79.5 Å². The molecule has 1 saturated heterocycles. The Bertz CT molecular complexity index is 868. The van der Waals surface area contributed by atoms with E-state index >= 15 is 0 Å². The average Bonchev–Trinajstić information content (AvgIpc) is 3.29. The van der Waals surface area contributed by atoms with E-state index in [0.717, 1.165) is 42.6 Å². The van der Waals surface area contributed by atoms with Crippen molar-refractivity contribution >= 4 is 17.7 Å². The van der Waals surface area contributed by atoms with Crippen LogP contribution in [-0.2, 0) is 4.74 Å². The van der Waals surface area contributed by atoms with Gasteiger partial charge in [0.25, 0.3) is 5.91 Å². The van der Waals surface area contributed by atoms with Gasteiger partial charge in [-0.3, -0.25) is 9.59 Å². The summed E-state index contributed by atoms with van der Waals surface area (Å²) >= 11 is 0. The number of carbonyl (C=O) groups excluding carboxylic acids is 3. The number of Topliss-reactive ketones (excluding diaryl/α,β-unsaturated/α-hetero) is 1. The molecule has 3 rings (SSSR count). The molecule has 1 fully saturated rings. The van der Waals surface area contributed by atoms with Gasteiger partial charge in [-0.2, -0.15) is 0 Å². The highest BCUT2D eigenvalue weighted by Gasteiger charge is 2.22. The van der Waals surface area contributed by atoms with Gasteiger partial charge in [-0.1, -0.05) is 17.7 Å². The van der Waals surface area contributed by atoms with Crippen LogP contribution in [0.4, 0.5) is 0 Å². The second-order valence-corrected chi connectivity index (χ2v) is 7.07. The number of ketones is 1. The number of nitrogens with zero attached hydrogens (tertiary/aromatic N) is 1. The molecule has 0 bridgehead atoms. The molecular weight excluding hydrogens is 344 g/mol. The number of carbonyl (C=O) groups is 3. The molecule has 6 heteroatoms. The summed E-state index contributed by atoms with van der Waals surface area (Å²) in [6.07, 6.45) is 3.50. The first-order valence-corrected chi connectivity index (χ1v) is 9.12. The predicted octanol–water partition coefficient (Wildman–Crippen LogP) is 3.22. The number of rotatable bonds is 5. The lowest BCUT2D eigenvalue weighted by Crippen LogP contribution is -2.27. The van der Waals surface area contributed by atoms with Gasteiger partial charge in [0.2, 0.25) is 5.78 Å². The summed E-state index contributed by atoms with van der Waals surface area (Å²) in [6, 6.07) is 5.35. The van der Waals surface area contributed by atoms with Crippen LogP contribution >= 0.6 is 0 Å². The van der Waals surface area contributed by atoms with Crippen LogP contribution in [0.5, 0.6) is 0 Å². The summed E-state index contributed by atoms with van der Waals surface area (Å²) in [6.45, 7) is 6.79. The van der Waals surface area contributed by atoms with Gasteiger partial charge in [0, 0.05) is 24.8 Å². The molecule has 2 aromatic rings. The van der Waals surface area contributed by atoms with Crippen molar-refractivity contribution in [1.82, 2.24) is 9.88 Å². The highest BCUT2D eigenvalue weighted by atomic mass is 16.5. The number of hydrogen-bond donors (Lipinski definition) is 1.